The maximum Gasteiger partial charge on any atom is 0.254 e. The number of carbonyl (C=O) groups excluding carboxylic acids is 2. The van der Waals surface area contributed by atoms with Crippen molar-refractivity contribution in [2.45, 2.75) is 101 Å². The molecule has 0 bridgehead atoms. The van der Waals surface area contributed by atoms with Crippen molar-refractivity contribution in [3.8, 4) is 0 Å². The Hall–Kier alpha value is -1.84. The van der Waals surface area contributed by atoms with Crippen LogP contribution in [0.4, 0.5) is 0 Å². The number of carbonyl (C=O) groups is 2. The van der Waals surface area contributed by atoms with E-state index in [4.69, 9.17) is 0 Å². The molecule has 1 atom stereocenters. The second kappa shape index (κ2) is 7.20. The number of benzene rings is 1. The molecule has 4 aliphatic rings. The second-order valence-corrected chi connectivity index (χ2v) is 9.43. The van der Waals surface area contributed by atoms with E-state index in [9.17, 15) is 9.59 Å². The van der Waals surface area contributed by atoms with Gasteiger partial charge in [0.15, 0.2) is 0 Å². The van der Waals surface area contributed by atoms with Crippen LogP contribution in [0.1, 0.15) is 98.9 Å². The van der Waals surface area contributed by atoms with E-state index < -0.39 is 0 Å². The number of nitrogens with one attached hydrogen (secondary N) is 1. The molecule has 0 aromatic heterocycles. The van der Waals surface area contributed by atoms with Gasteiger partial charge in [0.25, 0.3) is 5.91 Å². The molecular weight excluding hydrogens is 348 g/mol. The molecule has 1 aliphatic heterocycles. The molecule has 1 aromatic carbocycles. The molecule has 3 aliphatic carbocycles. The summed E-state index contributed by atoms with van der Waals surface area (Å²) in [5.74, 6) is 0.120. The topological polar surface area (TPSA) is 49.4 Å². The molecule has 1 aromatic rings. The monoisotopic (exact) mass is 380 g/mol. The van der Waals surface area contributed by atoms with Gasteiger partial charge in [-0.05, 0) is 50.2 Å². The highest BCUT2D eigenvalue weighted by Gasteiger charge is 2.56. The Balaban J connectivity index is 1.63. The van der Waals surface area contributed by atoms with Crippen LogP contribution in [0.15, 0.2) is 24.3 Å². The van der Waals surface area contributed by atoms with Gasteiger partial charge in [-0.2, -0.15) is 0 Å². The predicted octanol–water partition coefficient (Wildman–Crippen LogP) is 4.54. The van der Waals surface area contributed by atoms with Crippen LogP contribution in [0, 0.1) is 0 Å². The molecule has 1 spiro atoms. The van der Waals surface area contributed by atoms with Gasteiger partial charge in [-0.1, -0.05) is 56.7 Å². The van der Waals surface area contributed by atoms with E-state index in [1.165, 1.54) is 25.7 Å². The van der Waals surface area contributed by atoms with Gasteiger partial charge >= 0.3 is 0 Å². The van der Waals surface area contributed by atoms with Crippen LogP contribution in [0.3, 0.4) is 0 Å². The zero-order chi connectivity index (χ0) is 19.1. The first-order chi connectivity index (χ1) is 13.7. The smallest absolute Gasteiger partial charge is 0.254 e. The predicted molar refractivity (Wildman–Crippen MR) is 109 cm³/mol. The summed E-state index contributed by atoms with van der Waals surface area (Å²) in [4.78, 5) is 29.6. The third-order valence-electron chi connectivity index (χ3n) is 7.58. The Bertz CT molecular complexity index is 758. The summed E-state index contributed by atoms with van der Waals surface area (Å²) in [6.45, 7) is 0. The fraction of sp³-hybridized carbons (Fsp3) is 0.667. The largest absolute Gasteiger partial charge is 0.353 e. The van der Waals surface area contributed by atoms with E-state index in [-0.39, 0.29) is 23.3 Å². The van der Waals surface area contributed by atoms with Crippen LogP contribution in [-0.2, 0) is 4.79 Å². The SMILES string of the molecule is O=C(NC1CC1)C1c2ccccc2C(=O)N(C2CCCCC2)C12CCCCC2. The van der Waals surface area contributed by atoms with Crippen molar-refractivity contribution in [2.75, 3.05) is 0 Å². The minimum Gasteiger partial charge on any atom is -0.353 e. The minimum absolute atomic E-state index is 0.158. The molecule has 0 radical (unpaired) electrons. The maximum absolute atomic E-state index is 13.8. The van der Waals surface area contributed by atoms with E-state index in [2.05, 4.69) is 10.2 Å². The van der Waals surface area contributed by atoms with Crippen LogP contribution in [0.25, 0.3) is 0 Å². The van der Waals surface area contributed by atoms with Crippen molar-refractivity contribution in [1.29, 1.82) is 0 Å². The first-order valence-electron chi connectivity index (χ1n) is 11.4. The van der Waals surface area contributed by atoms with Crippen molar-refractivity contribution >= 4 is 11.8 Å². The van der Waals surface area contributed by atoms with Crippen molar-refractivity contribution in [1.82, 2.24) is 10.2 Å². The molecule has 28 heavy (non-hydrogen) atoms. The van der Waals surface area contributed by atoms with Gasteiger partial charge in [0.1, 0.15) is 0 Å². The summed E-state index contributed by atoms with van der Waals surface area (Å²) < 4.78 is 0. The van der Waals surface area contributed by atoms with Gasteiger partial charge in [0.05, 0.1) is 11.5 Å². The molecule has 5 rings (SSSR count). The summed E-state index contributed by atoms with van der Waals surface area (Å²) in [5.41, 5.74) is 1.41. The highest BCUT2D eigenvalue weighted by molar-refractivity contribution is 6.02. The van der Waals surface area contributed by atoms with Gasteiger partial charge < -0.3 is 10.2 Å². The Labute approximate surface area is 168 Å². The van der Waals surface area contributed by atoms with Gasteiger partial charge in [-0.25, -0.2) is 0 Å². The first kappa shape index (κ1) is 18.2. The van der Waals surface area contributed by atoms with Crippen LogP contribution < -0.4 is 5.32 Å². The molecule has 1 N–H and O–H groups in total. The lowest BCUT2D eigenvalue weighted by Crippen LogP contribution is -2.65. The fourth-order valence-corrected chi connectivity index (χ4v) is 6.16. The lowest BCUT2D eigenvalue weighted by molar-refractivity contribution is -0.128. The average molecular weight is 381 g/mol. The molecule has 3 fully saturated rings. The van der Waals surface area contributed by atoms with Crippen LogP contribution >= 0.6 is 0 Å². The van der Waals surface area contributed by atoms with Crippen LogP contribution in [0.2, 0.25) is 0 Å². The minimum atomic E-state index is -0.329. The number of fused-ring (bicyclic) bond motifs is 1. The Morgan fingerprint density at radius 2 is 1.61 bits per heavy atom. The van der Waals surface area contributed by atoms with Crippen LogP contribution in [-0.4, -0.2) is 34.3 Å². The lowest BCUT2D eigenvalue weighted by Gasteiger charge is -2.57. The summed E-state index contributed by atoms with van der Waals surface area (Å²) in [7, 11) is 0. The van der Waals surface area contributed by atoms with Crippen molar-refractivity contribution in [3.63, 3.8) is 0 Å². The summed E-state index contributed by atoms with van der Waals surface area (Å²) in [5, 5.41) is 3.30. The molecule has 4 nitrogen and oxygen atoms in total. The zero-order valence-electron chi connectivity index (χ0n) is 16.8. The summed E-state index contributed by atoms with van der Waals surface area (Å²) >= 11 is 0. The molecule has 150 valence electrons. The van der Waals surface area contributed by atoms with E-state index in [1.807, 2.05) is 24.3 Å². The summed E-state index contributed by atoms with van der Waals surface area (Å²) in [6, 6.07) is 8.57. The molecule has 2 amide bonds. The van der Waals surface area contributed by atoms with Crippen LogP contribution in [0.5, 0.6) is 0 Å². The highest BCUT2D eigenvalue weighted by Crippen LogP contribution is 2.51. The number of nitrogens with zero attached hydrogens (tertiary/aromatic N) is 1. The lowest BCUT2D eigenvalue weighted by atomic mass is 9.64. The molecule has 0 saturated heterocycles. The van der Waals surface area contributed by atoms with E-state index in [0.717, 1.165) is 62.5 Å². The Kier molecular flexibility index (Phi) is 4.68. The van der Waals surface area contributed by atoms with E-state index in [0.29, 0.717) is 12.1 Å². The van der Waals surface area contributed by atoms with Gasteiger partial charge in [-0.15, -0.1) is 0 Å². The van der Waals surface area contributed by atoms with E-state index in [1.54, 1.807) is 0 Å². The second-order valence-electron chi connectivity index (χ2n) is 9.43. The average Bonchev–Trinajstić information content (AvgIpc) is 3.53. The molecule has 1 unspecified atom stereocenters. The molecule has 1 heterocycles. The van der Waals surface area contributed by atoms with Gasteiger partial charge in [0, 0.05) is 17.6 Å². The number of amides is 2. The quantitative estimate of drug-likeness (QED) is 0.837. The molecule has 3 saturated carbocycles. The number of hydrogen-bond donors (Lipinski definition) is 1. The summed E-state index contributed by atoms with van der Waals surface area (Å²) in [6.07, 6.45) is 13.4. The third-order valence-corrected chi connectivity index (χ3v) is 7.58. The van der Waals surface area contributed by atoms with E-state index >= 15 is 0 Å². The third kappa shape index (κ3) is 2.96. The Morgan fingerprint density at radius 3 is 2.32 bits per heavy atom. The van der Waals surface area contributed by atoms with Crippen molar-refractivity contribution in [3.05, 3.63) is 35.4 Å². The molecule has 4 heteroatoms. The van der Waals surface area contributed by atoms with Crippen molar-refractivity contribution < 1.29 is 9.59 Å². The Morgan fingerprint density at radius 1 is 0.929 bits per heavy atom. The molecular formula is C24H32N2O2. The fourth-order valence-electron chi connectivity index (χ4n) is 6.16. The van der Waals surface area contributed by atoms with Crippen molar-refractivity contribution in [2.24, 2.45) is 0 Å². The highest BCUT2D eigenvalue weighted by atomic mass is 16.2. The van der Waals surface area contributed by atoms with Gasteiger partial charge in [-0.3, -0.25) is 9.59 Å². The first-order valence-corrected chi connectivity index (χ1v) is 11.4. The normalized spacial score (nSPS) is 27.5. The van der Waals surface area contributed by atoms with Gasteiger partial charge in [0.2, 0.25) is 5.91 Å². The zero-order valence-corrected chi connectivity index (χ0v) is 16.8. The number of rotatable bonds is 3. The number of hydrogen-bond acceptors (Lipinski definition) is 2. The maximum atomic E-state index is 13.8. The standard InChI is InChI=1S/C24H32N2O2/c27-22(25-17-13-14-17)21-19-11-5-6-12-20(19)23(28)26(18-9-3-1-4-10-18)24(21)15-7-2-8-16-24/h5-6,11-12,17-18,21H,1-4,7-10,13-16H2,(H,25,27).